The largest absolute Gasteiger partial charge is 0.396 e. The molecule has 0 aliphatic rings. The van der Waals surface area contributed by atoms with Gasteiger partial charge < -0.3 is 15.5 Å². The van der Waals surface area contributed by atoms with Crippen molar-refractivity contribution >= 4 is 21.6 Å². The zero-order chi connectivity index (χ0) is 13.1. The minimum Gasteiger partial charge on any atom is -0.396 e. The second-order valence-corrected chi connectivity index (χ2v) is 5.70. The van der Waals surface area contributed by atoms with Crippen LogP contribution in [0.1, 0.15) is 18.1 Å². The van der Waals surface area contributed by atoms with Crippen molar-refractivity contribution in [1.29, 1.82) is 0 Å². The lowest BCUT2D eigenvalue weighted by molar-refractivity contribution is 0.0806. The molecule has 0 aliphatic heterocycles. The third-order valence-corrected chi connectivity index (χ3v) is 4.17. The Labute approximate surface area is 111 Å². The van der Waals surface area contributed by atoms with E-state index < -0.39 is 5.41 Å². The molecule has 0 heterocycles. The Balaban J connectivity index is 2.76. The average molecular weight is 302 g/mol. The van der Waals surface area contributed by atoms with Gasteiger partial charge in [-0.2, -0.15) is 0 Å². The van der Waals surface area contributed by atoms with E-state index in [-0.39, 0.29) is 13.2 Å². The predicted molar refractivity (Wildman–Crippen MR) is 74.4 cm³/mol. The Morgan fingerprint density at radius 3 is 2.06 bits per heavy atom. The van der Waals surface area contributed by atoms with Gasteiger partial charge in [0.05, 0.1) is 13.2 Å². The summed E-state index contributed by atoms with van der Waals surface area (Å²) in [7, 11) is 0. The molecule has 3 nitrogen and oxygen atoms in total. The van der Waals surface area contributed by atoms with Gasteiger partial charge in [-0.05, 0) is 37.1 Å². The Morgan fingerprint density at radius 1 is 1.18 bits per heavy atom. The standard InChI is InChI=1S/C13H20BrNO2/c1-9-4-11(5-10(2)12(9)14)15-6-13(3,7-16)8-17/h4-5,15-17H,6-8H2,1-3H3. The van der Waals surface area contributed by atoms with Gasteiger partial charge in [-0.25, -0.2) is 0 Å². The van der Waals surface area contributed by atoms with E-state index in [9.17, 15) is 10.2 Å². The highest BCUT2D eigenvalue weighted by molar-refractivity contribution is 9.10. The van der Waals surface area contributed by atoms with Gasteiger partial charge in [0.15, 0.2) is 0 Å². The van der Waals surface area contributed by atoms with Crippen molar-refractivity contribution < 1.29 is 10.2 Å². The Hall–Kier alpha value is -0.580. The number of rotatable bonds is 5. The van der Waals surface area contributed by atoms with Crippen LogP contribution >= 0.6 is 15.9 Å². The smallest absolute Gasteiger partial charge is 0.0523 e. The fraction of sp³-hybridized carbons (Fsp3) is 0.538. The van der Waals surface area contributed by atoms with Gasteiger partial charge in [-0.1, -0.05) is 22.9 Å². The van der Waals surface area contributed by atoms with Crippen LogP contribution in [-0.4, -0.2) is 30.0 Å². The molecular formula is C13H20BrNO2. The highest BCUT2D eigenvalue weighted by Crippen LogP contribution is 2.26. The lowest BCUT2D eigenvalue weighted by atomic mass is 9.93. The first-order chi connectivity index (χ1) is 7.91. The summed E-state index contributed by atoms with van der Waals surface area (Å²) in [6, 6.07) is 4.10. The molecule has 0 amide bonds. The molecule has 0 spiro atoms. The topological polar surface area (TPSA) is 52.5 Å². The van der Waals surface area contributed by atoms with Crippen LogP contribution in [0.4, 0.5) is 5.69 Å². The summed E-state index contributed by atoms with van der Waals surface area (Å²) in [5.41, 5.74) is 2.86. The maximum atomic E-state index is 9.21. The summed E-state index contributed by atoms with van der Waals surface area (Å²) in [4.78, 5) is 0. The monoisotopic (exact) mass is 301 g/mol. The minimum absolute atomic E-state index is 0.0367. The van der Waals surface area contributed by atoms with E-state index in [1.807, 2.05) is 32.9 Å². The van der Waals surface area contributed by atoms with Gasteiger partial charge in [-0.3, -0.25) is 0 Å². The molecule has 0 fully saturated rings. The number of hydrogen-bond acceptors (Lipinski definition) is 3. The molecule has 0 unspecified atom stereocenters. The van der Waals surface area contributed by atoms with E-state index in [2.05, 4.69) is 21.2 Å². The van der Waals surface area contributed by atoms with Crippen molar-refractivity contribution in [2.24, 2.45) is 5.41 Å². The molecule has 0 aliphatic carbocycles. The van der Waals surface area contributed by atoms with E-state index in [4.69, 9.17) is 0 Å². The maximum Gasteiger partial charge on any atom is 0.0523 e. The van der Waals surface area contributed by atoms with Gasteiger partial charge in [-0.15, -0.1) is 0 Å². The molecule has 0 bridgehead atoms. The number of aliphatic hydroxyl groups excluding tert-OH is 2. The van der Waals surface area contributed by atoms with Crippen LogP contribution in [0.25, 0.3) is 0 Å². The van der Waals surface area contributed by atoms with E-state index in [0.717, 1.165) is 10.2 Å². The molecule has 17 heavy (non-hydrogen) atoms. The fourth-order valence-electron chi connectivity index (χ4n) is 1.53. The zero-order valence-electron chi connectivity index (χ0n) is 10.5. The van der Waals surface area contributed by atoms with Crippen molar-refractivity contribution in [1.82, 2.24) is 0 Å². The zero-order valence-corrected chi connectivity index (χ0v) is 12.1. The van der Waals surface area contributed by atoms with Crippen LogP contribution < -0.4 is 5.32 Å². The molecule has 96 valence electrons. The molecule has 4 heteroatoms. The van der Waals surface area contributed by atoms with E-state index in [1.165, 1.54) is 11.1 Å². The first-order valence-electron chi connectivity index (χ1n) is 5.64. The van der Waals surface area contributed by atoms with Crippen molar-refractivity contribution in [3.63, 3.8) is 0 Å². The Kier molecular flexibility index (Phi) is 4.98. The molecule has 1 aromatic carbocycles. The maximum absolute atomic E-state index is 9.21. The van der Waals surface area contributed by atoms with Crippen LogP contribution in [0.15, 0.2) is 16.6 Å². The van der Waals surface area contributed by atoms with Crippen LogP contribution in [0.3, 0.4) is 0 Å². The highest BCUT2D eigenvalue weighted by Gasteiger charge is 2.22. The van der Waals surface area contributed by atoms with Crippen molar-refractivity contribution in [3.8, 4) is 0 Å². The summed E-state index contributed by atoms with van der Waals surface area (Å²) in [6.45, 7) is 6.40. The van der Waals surface area contributed by atoms with Crippen molar-refractivity contribution in [2.75, 3.05) is 25.1 Å². The van der Waals surface area contributed by atoms with Crippen molar-refractivity contribution in [2.45, 2.75) is 20.8 Å². The summed E-state index contributed by atoms with van der Waals surface area (Å²) >= 11 is 3.52. The van der Waals surface area contributed by atoms with E-state index >= 15 is 0 Å². The molecule has 0 saturated carbocycles. The lowest BCUT2D eigenvalue weighted by Crippen LogP contribution is -2.34. The highest BCUT2D eigenvalue weighted by atomic mass is 79.9. The fourth-order valence-corrected chi connectivity index (χ4v) is 1.75. The van der Waals surface area contributed by atoms with E-state index in [0.29, 0.717) is 6.54 Å². The SMILES string of the molecule is Cc1cc(NCC(C)(CO)CO)cc(C)c1Br. The second kappa shape index (κ2) is 5.85. The van der Waals surface area contributed by atoms with Crippen LogP contribution in [0.2, 0.25) is 0 Å². The summed E-state index contributed by atoms with van der Waals surface area (Å²) in [6.07, 6.45) is 0. The normalized spacial score (nSPS) is 11.6. The molecular weight excluding hydrogens is 282 g/mol. The third kappa shape index (κ3) is 3.69. The molecule has 0 aromatic heterocycles. The average Bonchev–Trinajstić information content (AvgIpc) is 2.32. The first kappa shape index (κ1) is 14.5. The quantitative estimate of drug-likeness (QED) is 0.783. The summed E-state index contributed by atoms with van der Waals surface area (Å²) in [5, 5.41) is 21.7. The Bertz CT molecular complexity index is 366. The molecule has 1 rings (SSSR count). The number of anilines is 1. The number of nitrogens with one attached hydrogen (secondary N) is 1. The third-order valence-electron chi connectivity index (χ3n) is 2.92. The molecule has 0 saturated heterocycles. The molecule has 0 radical (unpaired) electrons. The summed E-state index contributed by atoms with van der Waals surface area (Å²) < 4.78 is 1.12. The second-order valence-electron chi connectivity index (χ2n) is 4.90. The number of hydrogen-bond donors (Lipinski definition) is 3. The van der Waals surface area contributed by atoms with Gasteiger partial charge in [0.2, 0.25) is 0 Å². The molecule has 0 atom stereocenters. The molecule has 1 aromatic rings. The van der Waals surface area contributed by atoms with Crippen LogP contribution in [-0.2, 0) is 0 Å². The number of halogens is 1. The van der Waals surface area contributed by atoms with Gasteiger partial charge >= 0.3 is 0 Å². The number of aliphatic hydroxyl groups is 2. The van der Waals surface area contributed by atoms with Crippen molar-refractivity contribution in [3.05, 3.63) is 27.7 Å². The summed E-state index contributed by atoms with van der Waals surface area (Å²) in [5.74, 6) is 0. The van der Waals surface area contributed by atoms with Gasteiger partial charge in [0.25, 0.3) is 0 Å². The van der Waals surface area contributed by atoms with Crippen LogP contribution in [0.5, 0.6) is 0 Å². The van der Waals surface area contributed by atoms with Gasteiger partial charge in [0.1, 0.15) is 0 Å². The predicted octanol–water partition coefficient (Wildman–Crippen LogP) is 2.47. The number of benzene rings is 1. The Morgan fingerprint density at radius 2 is 1.65 bits per heavy atom. The van der Waals surface area contributed by atoms with E-state index in [1.54, 1.807) is 0 Å². The molecule has 3 N–H and O–H groups in total. The lowest BCUT2D eigenvalue weighted by Gasteiger charge is -2.25. The minimum atomic E-state index is -0.491. The van der Waals surface area contributed by atoms with Gasteiger partial charge in [0, 0.05) is 22.1 Å². The number of aryl methyl sites for hydroxylation is 2. The van der Waals surface area contributed by atoms with Crippen LogP contribution in [0, 0.1) is 19.3 Å². The first-order valence-corrected chi connectivity index (χ1v) is 6.43.